The van der Waals surface area contributed by atoms with Gasteiger partial charge < -0.3 is 10.0 Å². The van der Waals surface area contributed by atoms with Crippen LogP contribution < -0.4 is 0 Å². The lowest BCUT2D eigenvalue weighted by molar-refractivity contribution is 0.0465. The summed E-state index contributed by atoms with van der Waals surface area (Å²) >= 11 is 3.44. The number of likely N-dealkylation sites (tertiary alicyclic amines) is 1. The smallest absolute Gasteiger partial charge is 0.255 e. The number of nitrogens with zero attached hydrogens (tertiary/aromatic N) is 1. The van der Waals surface area contributed by atoms with Gasteiger partial charge in [0, 0.05) is 23.5 Å². The highest BCUT2D eigenvalue weighted by Gasteiger charge is 2.27. The number of halogens is 1. The zero-order valence-electron chi connectivity index (χ0n) is 11.4. The third kappa shape index (κ3) is 3.37. The van der Waals surface area contributed by atoms with Crippen molar-refractivity contribution >= 4 is 21.8 Å². The van der Waals surface area contributed by atoms with Crippen LogP contribution in [-0.2, 0) is 0 Å². The molecular formula is C15H20BrNO2. The average molecular weight is 326 g/mol. The molecule has 1 N–H and O–H groups in total. The molecule has 3 nitrogen and oxygen atoms in total. The molecule has 2 atom stereocenters. The lowest BCUT2D eigenvalue weighted by Crippen LogP contribution is -2.43. The maximum absolute atomic E-state index is 12.6. The van der Waals surface area contributed by atoms with E-state index in [1.54, 1.807) is 6.92 Å². The Balaban J connectivity index is 2.17. The van der Waals surface area contributed by atoms with Crippen LogP contribution in [0.5, 0.6) is 0 Å². The van der Waals surface area contributed by atoms with Crippen molar-refractivity contribution in [1.82, 2.24) is 4.90 Å². The van der Waals surface area contributed by atoms with Gasteiger partial charge in [-0.1, -0.05) is 11.6 Å². The first-order valence-corrected chi connectivity index (χ1v) is 7.52. The topological polar surface area (TPSA) is 40.5 Å². The third-order valence-corrected chi connectivity index (χ3v) is 4.47. The Morgan fingerprint density at radius 3 is 2.95 bits per heavy atom. The van der Waals surface area contributed by atoms with Crippen molar-refractivity contribution in [2.45, 2.75) is 32.8 Å². The first-order valence-electron chi connectivity index (χ1n) is 6.72. The Bertz CT molecular complexity index is 473. The van der Waals surface area contributed by atoms with Crippen LogP contribution in [0.3, 0.4) is 0 Å². The molecule has 2 rings (SSSR count). The van der Waals surface area contributed by atoms with Gasteiger partial charge in [-0.25, -0.2) is 0 Å². The summed E-state index contributed by atoms with van der Waals surface area (Å²) in [7, 11) is 0. The molecular weight excluding hydrogens is 306 g/mol. The van der Waals surface area contributed by atoms with E-state index in [9.17, 15) is 9.90 Å². The number of amides is 1. The molecule has 19 heavy (non-hydrogen) atoms. The Hall–Kier alpha value is -0.870. The second kappa shape index (κ2) is 6.06. The molecule has 1 amide bonds. The number of carbonyl (C=O) groups excluding carboxylic acids is 1. The molecule has 1 aliphatic heterocycles. The van der Waals surface area contributed by atoms with E-state index in [0.717, 1.165) is 29.4 Å². The van der Waals surface area contributed by atoms with Crippen molar-refractivity contribution in [2.75, 3.05) is 13.1 Å². The molecule has 1 aromatic carbocycles. The van der Waals surface area contributed by atoms with Crippen LogP contribution in [0.2, 0.25) is 0 Å². The average Bonchev–Trinajstić information content (AvgIpc) is 2.41. The first-order chi connectivity index (χ1) is 8.99. The van der Waals surface area contributed by atoms with Gasteiger partial charge in [-0.15, -0.1) is 0 Å². The summed E-state index contributed by atoms with van der Waals surface area (Å²) in [5, 5.41) is 9.70. The first kappa shape index (κ1) is 14.5. The molecule has 1 heterocycles. The summed E-state index contributed by atoms with van der Waals surface area (Å²) in [6.07, 6.45) is 1.61. The van der Waals surface area contributed by atoms with Crippen LogP contribution in [0, 0.1) is 12.8 Å². The van der Waals surface area contributed by atoms with E-state index in [0.29, 0.717) is 12.1 Å². The second-order valence-corrected chi connectivity index (χ2v) is 6.23. The molecule has 1 aromatic rings. The standard InChI is InChI=1S/C15H20BrNO2/c1-10-5-6-14(16)13(8-10)15(19)17-7-3-4-12(9-17)11(2)18/h5-6,8,11-12,18H,3-4,7,9H2,1-2H3. The van der Waals surface area contributed by atoms with E-state index in [1.165, 1.54) is 0 Å². The molecule has 0 aliphatic carbocycles. The highest BCUT2D eigenvalue weighted by atomic mass is 79.9. The molecule has 104 valence electrons. The van der Waals surface area contributed by atoms with E-state index >= 15 is 0 Å². The Morgan fingerprint density at radius 1 is 1.53 bits per heavy atom. The number of aliphatic hydroxyl groups is 1. The Morgan fingerprint density at radius 2 is 2.26 bits per heavy atom. The van der Waals surface area contributed by atoms with Gasteiger partial charge >= 0.3 is 0 Å². The van der Waals surface area contributed by atoms with Crippen LogP contribution in [0.1, 0.15) is 35.7 Å². The van der Waals surface area contributed by atoms with E-state index < -0.39 is 0 Å². The third-order valence-electron chi connectivity index (χ3n) is 3.78. The fourth-order valence-corrected chi connectivity index (χ4v) is 2.98. The number of piperidine rings is 1. The van der Waals surface area contributed by atoms with Crippen molar-refractivity contribution in [3.8, 4) is 0 Å². The lowest BCUT2D eigenvalue weighted by Gasteiger charge is -2.34. The van der Waals surface area contributed by atoms with Crippen molar-refractivity contribution in [3.63, 3.8) is 0 Å². The van der Waals surface area contributed by atoms with Crippen molar-refractivity contribution < 1.29 is 9.90 Å². The highest BCUT2D eigenvalue weighted by Crippen LogP contribution is 2.24. The number of hydrogen-bond donors (Lipinski definition) is 1. The monoisotopic (exact) mass is 325 g/mol. The van der Waals surface area contributed by atoms with Crippen LogP contribution in [0.4, 0.5) is 0 Å². The predicted molar refractivity (Wildman–Crippen MR) is 79.2 cm³/mol. The quantitative estimate of drug-likeness (QED) is 0.908. The number of aryl methyl sites for hydroxylation is 1. The van der Waals surface area contributed by atoms with Gasteiger partial charge in [-0.05, 0) is 54.8 Å². The molecule has 2 unspecified atom stereocenters. The van der Waals surface area contributed by atoms with Gasteiger partial charge in [0.15, 0.2) is 0 Å². The summed E-state index contributed by atoms with van der Waals surface area (Å²) in [5.41, 5.74) is 1.79. The normalized spacial score (nSPS) is 21.3. The van der Waals surface area contributed by atoms with Gasteiger partial charge in [0.2, 0.25) is 0 Å². The molecule has 0 saturated carbocycles. The van der Waals surface area contributed by atoms with E-state index in [1.807, 2.05) is 30.0 Å². The van der Waals surface area contributed by atoms with E-state index in [4.69, 9.17) is 0 Å². The summed E-state index contributed by atoms with van der Waals surface area (Å²) in [5.74, 6) is 0.252. The highest BCUT2D eigenvalue weighted by molar-refractivity contribution is 9.10. The van der Waals surface area contributed by atoms with Crippen molar-refractivity contribution in [3.05, 3.63) is 33.8 Å². The summed E-state index contributed by atoms with van der Waals surface area (Å²) in [4.78, 5) is 14.4. The van der Waals surface area contributed by atoms with Gasteiger partial charge in [0.1, 0.15) is 0 Å². The number of carbonyl (C=O) groups is 1. The maximum atomic E-state index is 12.6. The molecule has 1 fully saturated rings. The van der Waals surface area contributed by atoms with Gasteiger partial charge in [-0.3, -0.25) is 4.79 Å². The zero-order valence-corrected chi connectivity index (χ0v) is 13.0. The Labute approximate surface area is 122 Å². The molecule has 1 saturated heterocycles. The van der Waals surface area contributed by atoms with E-state index in [2.05, 4.69) is 15.9 Å². The van der Waals surface area contributed by atoms with E-state index in [-0.39, 0.29) is 17.9 Å². The largest absolute Gasteiger partial charge is 0.393 e. The Kier molecular flexibility index (Phi) is 4.63. The second-order valence-electron chi connectivity index (χ2n) is 5.38. The number of aliphatic hydroxyl groups excluding tert-OH is 1. The minimum atomic E-state index is -0.350. The number of rotatable bonds is 2. The summed E-state index contributed by atoms with van der Waals surface area (Å²) in [6.45, 7) is 5.22. The molecule has 0 spiro atoms. The van der Waals surface area contributed by atoms with Gasteiger partial charge in [0.25, 0.3) is 5.91 Å². The SMILES string of the molecule is Cc1ccc(Br)c(C(=O)N2CCCC(C(C)O)C2)c1. The van der Waals surface area contributed by atoms with Gasteiger partial charge in [-0.2, -0.15) is 0 Å². The fraction of sp³-hybridized carbons (Fsp3) is 0.533. The van der Waals surface area contributed by atoms with Crippen LogP contribution in [0.25, 0.3) is 0 Å². The molecule has 4 heteroatoms. The van der Waals surface area contributed by atoms with Crippen LogP contribution in [0.15, 0.2) is 22.7 Å². The minimum absolute atomic E-state index is 0.0564. The summed E-state index contributed by atoms with van der Waals surface area (Å²) < 4.78 is 0.835. The zero-order chi connectivity index (χ0) is 14.0. The fourth-order valence-electron chi connectivity index (χ4n) is 2.56. The molecule has 0 bridgehead atoms. The van der Waals surface area contributed by atoms with Crippen molar-refractivity contribution in [1.29, 1.82) is 0 Å². The van der Waals surface area contributed by atoms with Crippen LogP contribution >= 0.6 is 15.9 Å². The number of hydrogen-bond acceptors (Lipinski definition) is 2. The predicted octanol–water partition coefficient (Wildman–Crippen LogP) is 2.99. The lowest BCUT2D eigenvalue weighted by atomic mass is 9.93. The van der Waals surface area contributed by atoms with Crippen LogP contribution in [-0.4, -0.2) is 35.1 Å². The minimum Gasteiger partial charge on any atom is -0.393 e. The molecule has 1 aliphatic rings. The van der Waals surface area contributed by atoms with Crippen molar-refractivity contribution in [2.24, 2.45) is 5.92 Å². The van der Waals surface area contributed by atoms with Gasteiger partial charge in [0.05, 0.1) is 11.7 Å². The summed E-state index contributed by atoms with van der Waals surface area (Å²) in [6, 6.07) is 5.81. The molecule has 0 radical (unpaired) electrons. The number of benzene rings is 1. The maximum Gasteiger partial charge on any atom is 0.255 e. The molecule has 0 aromatic heterocycles.